The van der Waals surface area contributed by atoms with Crippen LogP contribution in [0.25, 0.3) is 0 Å². The summed E-state index contributed by atoms with van der Waals surface area (Å²) in [6.07, 6.45) is 0. The highest BCUT2D eigenvalue weighted by molar-refractivity contribution is 4.92. The second-order valence-electron chi connectivity index (χ2n) is 5.12. The van der Waals surface area contributed by atoms with Crippen LogP contribution in [0.1, 0.15) is 13.8 Å². The van der Waals surface area contributed by atoms with Crippen molar-refractivity contribution in [2.75, 3.05) is 39.8 Å². The van der Waals surface area contributed by atoms with E-state index in [9.17, 15) is 0 Å². The van der Waals surface area contributed by atoms with Gasteiger partial charge in [0.05, 0.1) is 0 Å². The molecule has 3 nitrogen and oxygen atoms in total. The molecule has 0 aromatic carbocycles. The van der Waals surface area contributed by atoms with Crippen LogP contribution in [-0.4, -0.2) is 61.7 Å². The molecule has 0 aromatic heterocycles. The first-order chi connectivity index (χ1) is 6.68. The van der Waals surface area contributed by atoms with E-state index in [1.54, 1.807) is 0 Å². The monoisotopic (exact) mass is 197 g/mol. The van der Waals surface area contributed by atoms with E-state index >= 15 is 0 Å². The van der Waals surface area contributed by atoms with E-state index in [4.69, 9.17) is 0 Å². The van der Waals surface area contributed by atoms with E-state index in [1.807, 2.05) is 0 Å². The largest absolute Gasteiger partial charge is 0.314 e. The first-order valence-corrected chi connectivity index (χ1v) is 5.83. The van der Waals surface area contributed by atoms with Crippen molar-refractivity contribution < 1.29 is 0 Å². The number of nitrogens with one attached hydrogen (secondary N) is 1. The summed E-state index contributed by atoms with van der Waals surface area (Å²) in [6.45, 7) is 10.8. The molecule has 82 valence electrons. The molecular formula is C11H23N3. The lowest BCUT2D eigenvalue weighted by Crippen LogP contribution is -2.65. The van der Waals surface area contributed by atoms with Gasteiger partial charge < -0.3 is 10.2 Å². The van der Waals surface area contributed by atoms with E-state index in [1.165, 1.54) is 32.7 Å². The molecule has 14 heavy (non-hydrogen) atoms. The Morgan fingerprint density at radius 3 is 2.71 bits per heavy atom. The summed E-state index contributed by atoms with van der Waals surface area (Å²) in [5, 5.41) is 3.57. The first-order valence-electron chi connectivity index (χ1n) is 5.83. The molecule has 0 bridgehead atoms. The molecule has 0 amide bonds. The molecule has 2 aliphatic rings. The lowest BCUT2D eigenvalue weighted by Gasteiger charge is -2.49. The molecule has 2 aliphatic heterocycles. The summed E-state index contributed by atoms with van der Waals surface area (Å²) in [5.41, 5.74) is 0. The van der Waals surface area contributed by atoms with Crippen molar-refractivity contribution in [3.05, 3.63) is 0 Å². The average molecular weight is 197 g/mol. The number of hydrogen-bond donors (Lipinski definition) is 1. The fourth-order valence-corrected chi connectivity index (χ4v) is 2.78. The third-order valence-electron chi connectivity index (χ3n) is 3.66. The van der Waals surface area contributed by atoms with Crippen molar-refractivity contribution in [2.24, 2.45) is 5.92 Å². The van der Waals surface area contributed by atoms with E-state index in [-0.39, 0.29) is 0 Å². The normalized spacial score (nSPS) is 36.0. The van der Waals surface area contributed by atoms with E-state index in [0.29, 0.717) is 0 Å². The molecule has 2 saturated heterocycles. The Labute approximate surface area is 87.4 Å². The molecular weight excluding hydrogens is 174 g/mol. The molecule has 0 spiro atoms. The van der Waals surface area contributed by atoms with Gasteiger partial charge in [0.2, 0.25) is 0 Å². The van der Waals surface area contributed by atoms with Gasteiger partial charge in [0, 0.05) is 44.8 Å². The van der Waals surface area contributed by atoms with E-state index < -0.39 is 0 Å². The quantitative estimate of drug-likeness (QED) is 0.649. The topological polar surface area (TPSA) is 18.5 Å². The van der Waals surface area contributed by atoms with Gasteiger partial charge in [-0.25, -0.2) is 0 Å². The van der Waals surface area contributed by atoms with Crippen LogP contribution in [-0.2, 0) is 0 Å². The molecule has 3 heteroatoms. The maximum Gasteiger partial charge on any atom is 0.0351 e. The average Bonchev–Trinajstić information content (AvgIpc) is 2.16. The summed E-state index contributed by atoms with van der Waals surface area (Å²) in [4.78, 5) is 5.17. The summed E-state index contributed by atoms with van der Waals surface area (Å²) in [7, 11) is 2.23. The van der Waals surface area contributed by atoms with Crippen LogP contribution in [0.15, 0.2) is 0 Å². The number of piperazine rings is 2. The molecule has 0 radical (unpaired) electrons. The smallest absolute Gasteiger partial charge is 0.0351 e. The predicted octanol–water partition coefficient (Wildman–Crippen LogP) is 0.230. The van der Waals surface area contributed by atoms with Gasteiger partial charge in [0.15, 0.2) is 0 Å². The SMILES string of the molecule is CC(C)C1CNCC2CN(C)CCN21. The Bertz CT molecular complexity index is 193. The van der Waals surface area contributed by atoms with Crippen LogP contribution in [0.5, 0.6) is 0 Å². The second kappa shape index (κ2) is 4.17. The summed E-state index contributed by atoms with van der Waals surface area (Å²) >= 11 is 0. The van der Waals surface area contributed by atoms with Crippen LogP contribution < -0.4 is 5.32 Å². The van der Waals surface area contributed by atoms with Gasteiger partial charge in [0.25, 0.3) is 0 Å². The van der Waals surface area contributed by atoms with Gasteiger partial charge in [-0.3, -0.25) is 4.90 Å². The summed E-state index contributed by atoms with van der Waals surface area (Å²) < 4.78 is 0. The van der Waals surface area contributed by atoms with Crippen LogP contribution in [0.2, 0.25) is 0 Å². The zero-order valence-corrected chi connectivity index (χ0v) is 9.66. The van der Waals surface area contributed by atoms with Crippen molar-refractivity contribution in [2.45, 2.75) is 25.9 Å². The fraction of sp³-hybridized carbons (Fsp3) is 1.00. The number of likely N-dealkylation sites (N-methyl/N-ethyl adjacent to an activating group) is 1. The standard InChI is InChI=1S/C11H23N3/c1-9(2)11-7-12-6-10-8-13(3)4-5-14(10)11/h9-12H,4-8H2,1-3H3. The van der Waals surface area contributed by atoms with Crippen LogP contribution in [0.3, 0.4) is 0 Å². The van der Waals surface area contributed by atoms with Gasteiger partial charge in [-0.05, 0) is 13.0 Å². The second-order valence-corrected chi connectivity index (χ2v) is 5.12. The number of rotatable bonds is 1. The maximum atomic E-state index is 3.57. The molecule has 0 aromatic rings. The predicted molar refractivity (Wildman–Crippen MR) is 59.5 cm³/mol. The lowest BCUT2D eigenvalue weighted by atomic mass is 9.96. The molecule has 0 aliphatic carbocycles. The molecule has 2 rings (SSSR count). The number of hydrogen-bond acceptors (Lipinski definition) is 3. The molecule has 1 N–H and O–H groups in total. The van der Waals surface area contributed by atoms with Crippen molar-refractivity contribution in [3.8, 4) is 0 Å². The van der Waals surface area contributed by atoms with Crippen LogP contribution in [0, 0.1) is 5.92 Å². The molecule has 2 unspecified atom stereocenters. The minimum Gasteiger partial charge on any atom is -0.314 e. The van der Waals surface area contributed by atoms with Crippen molar-refractivity contribution in [1.29, 1.82) is 0 Å². The summed E-state index contributed by atoms with van der Waals surface area (Å²) in [6, 6.07) is 1.50. The highest BCUT2D eigenvalue weighted by Crippen LogP contribution is 2.20. The highest BCUT2D eigenvalue weighted by Gasteiger charge is 2.34. The van der Waals surface area contributed by atoms with Crippen molar-refractivity contribution in [3.63, 3.8) is 0 Å². The lowest BCUT2D eigenvalue weighted by molar-refractivity contribution is 0.0124. The number of fused-ring (bicyclic) bond motifs is 1. The molecule has 2 heterocycles. The van der Waals surface area contributed by atoms with E-state index in [0.717, 1.165) is 18.0 Å². The van der Waals surface area contributed by atoms with Gasteiger partial charge in [-0.15, -0.1) is 0 Å². The van der Waals surface area contributed by atoms with Gasteiger partial charge >= 0.3 is 0 Å². The van der Waals surface area contributed by atoms with Gasteiger partial charge in [0.1, 0.15) is 0 Å². The van der Waals surface area contributed by atoms with Gasteiger partial charge in [-0.1, -0.05) is 13.8 Å². The Morgan fingerprint density at radius 2 is 2.00 bits per heavy atom. The number of nitrogens with zero attached hydrogens (tertiary/aromatic N) is 2. The van der Waals surface area contributed by atoms with Gasteiger partial charge in [-0.2, -0.15) is 0 Å². The molecule has 2 fully saturated rings. The fourth-order valence-electron chi connectivity index (χ4n) is 2.78. The minimum atomic E-state index is 0.745. The van der Waals surface area contributed by atoms with Crippen LogP contribution >= 0.6 is 0 Å². The third kappa shape index (κ3) is 1.95. The third-order valence-corrected chi connectivity index (χ3v) is 3.66. The Hall–Kier alpha value is -0.120. The highest BCUT2D eigenvalue weighted by atomic mass is 15.3. The zero-order chi connectivity index (χ0) is 10.1. The molecule has 2 atom stereocenters. The Kier molecular flexibility index (Phi) is 3.10. The maximum absolute atomic E-state index is 3.57. The van der Waals surface area contributed by atoms with Crippen LogP contribution in [0.4, 0.5) is 0 Å². The Morgan fingerprint density at radius 1 is 1.21 bits per heavy atom. The first kappa shape index (κ1) is 10.4. The summed E-state index contributed by atoms with van der Waals surface area (Å²) in [5.74, 6) is 0.772. The molecule has 0 saturated carbocycles. The van der Waals surface area contributed by atoms with Crippen molar-refractivity contribution in [1.82, 2.24) is 15.1 Å². The Balaban J connectivity index is 2.02. The zero-order valence-electron chi connectivity index (χ0n) is 9.66. The van der Waals surface area contributed by atoms with Crippen molar-refractivity contribution >= 4 is 0 Å². The van der Waals surface area contributed by atoms with E-state index in [2.05, 4.69) is 36.0 Å². The minimum absolute atomic E-state index is 0.745.